The average molecular weight is 222 g/mol. The number of carbonyl (C=O) groups is 2. The molecular weight excluding hydrogens is 212 g/mol. The quantitative estimate of drug-likeness (QED) is 0.401. The first-order valence-electron chi connectivity index (χ1n) is 4.01. The minimum Gasteiger partial charge on any atom is -0.393 e. The molecule has 6 nitrogen and oxygen atoms in total. The number of rotatable bonds is 3. The zero-order valence-electron chi connectivity index (χ0n) is 7.47. The van der Waals surface area contributed by atoms with E-state index in [4.69, 9.17) is 4.55 Å². The minimum atomic E-state index is -4.15. The van der Waals surface area contributed by atoms with Crippen molar-refractivity contribution in [3.8, 4) is 0 Å². The Morgan fingerprint density at radius 2 is 2.14 bits per heavy atom. The van der Waals surface area contributed by atoms with Gasteiger partial charge in [0.25, 0.3) is 10.1 Å². The van der Waals surface area contributed by atoms with Crippen LogP contribution in [0.2, 0.25) is 0 Å². The van der Waals surface area contributed by atoms with Crippen molar-refractivity contribution in [3.63, 3.8) is 0 Å². The molecule has 0 aliphatic carbocycles. The molecule has 0 radical (unpaired) electrons. The summed E-state index contributed by atoms with van der Waals surface area (Å²) in [5.74, 6) is -2.12. The van der Waals surface area contributed by atoms with Crippen LogP contribution in [-0.4, -0.2) is 30.2 Å². The molecule has 1 rings (SSSR count). The van der Waals surface area contributed by atoms with Crippen molar-refractivity contribution < 1.29 is 27.3 Å². The summed E-state index contributed by atoms with van der Waals surface area (Å²) >= 11 is 0. The minimum absolute atomic E-state index is 0.0938. The van der Waals surface area contributed by atoms with Crippen molar-refractivity contribution in [3.05, 3.63) is 0 Å². The molecule has 80 valence electrons. The van der Waals surface area contributed by atoms with Crippen LogP contribution in [0.1, 0.15) is 19.8 Å². The fourth-order valence-corrected chi connectivity index (χ4v) is 1.70. The Morgan fingerprint density at radius 1 is 1.57 bits per heavy atom. The van der Waals surface area contributed by atoms with Crippen molar-refractivity contribution in [2.24, 2.45) is 5.92 Å². The summed E-state index contributed by atoms with van der Waals surface area (Å²) in [4.78, 5) is 21.6. The maximum atomic E-state index is 10.9. The molecule has 2 atom stereocenters. The molecule has 0 bridgehead atoms. The summed E-state index contributed by atoms with van der Waals surface area (Å²) < 4.78 is 34.1. The molecular formula is C7H10O6S. The monoisotopic (exact) mass is 222 g/mol. The topological polar surface area (TPSA) is 97.7 Å². The Labute approximate surface area is 81.0 Å². The second-order valence-electron chi connectivity index (χ2n) is 3.26. The molecule has 1 N–H and O–H groups in total. The number of esters is 2. The number of carbonyl (C=O) groups excluding carboxylic acids is 2. The van der Waals surface area contributed by atoms with Gasteiger partial charge in [0.1, 0.15) is 0 Å². The lowest BCUT2D eigenvalue weighted by Crippen LogP contribution is -2.22. The molecule has 0 aromatic heterocycles. The standard InChI is InChI=1S/C7H10O6S/c1-4(14(10,11)12)2-5-3-6(8)13-7(5)9/h4-5H,2-3H2,1H3,(H,10,11,12). The largest absolute Gasteiger partial charge is 0.393 e. The first-order valence-corrected chi connectivity index (χ1v) is 5.52. The fourth-order valence-electron chi connectivity index (χ4n) is 1.22. The Balaban J connectivity index is 2.62. The van der Waals surface area contributed by atoms with E-state index < -0.39 is 33.2 Å². The molecule has 1 aliphatic heterocycles. The second-order valence-corrected chi connectivity index (χ2v) is 5.09. The van der Waals surface area contributed by atoms with Gasteiger partial charge in [-0.1, -0.05) is 0 Å². The van der Waals surface area contributed by atoms with E-state index in [2.05, 4.69) is 4.74 Å². The van der Waals surface area contributed by atoms with E-state index in [0.717, 1.165) is 0 Å². The van der Waals surface area contributed by atoms with Crippen LogP contribution in [-0.2, 0) is 24.4 Å². The van der Waals surface area contributed by atoms with Crippen LogP contribution in [0.3, 0.4) is 0 Å². The maximum absolute atomic E-state index is 10.9. The summed E-state index contributed by atoms with van der Waals surface area (Å²) in [6.45, 7) is 1.27. The maximum Gasteiger partial charge on any atom is 0.317 e. The third-order valence-electron chi connectivity index (χ3n) is 2.09. The van der Waals surface area contributed by atoms with Crippen LogP contribution >= 0.6 is 0 Å². The summed E-state index contributed by atoms with van der Waals surface area (Å²) in [5, 5.41) is -1.06. The van der Waals surface area contributed by atoms with E-state index >= 15 is 0 Å². The SMILES string of the molecule is CC(CC1CC(=O)OC1=O)S(=O)(=O)O. The fraction of sp³-hybridized carbons (Fsp3) is 0.714. The van der Waals surface area contributed by atoms with Gasteiger partial charge < -0.3 is 4.74 Å². The summed E-state index contributed by atoms with van der Waals surface area (Å²) in [7, 11) is -4.15. The van der Waals surface area contributed by atoms with Crippen LogP contribution in [0.5, 0.6) is 0 Å². The lowest BCUT2D eigenvalue weighted by atomic mass is 10.0. The number of cyclic esters (lactones) is 2. The lowest BCUT2D eigenvalue weighted by Gasteiger charge is -2.09. The van der Waals surface area contributed by atoms with Gasteiger partial charge in [-0.2, -0.15) is 8.42 Å². The van der Waals surface area contributed by atoms with Gasteiger partial charge in [-0.25, -0.2) is 0 Å². The van der Waals surface area contributed by atoms with Gasteiger partial charge >= 0.3 is 11.9 Å². The highest BCUT2D eigenvalue weighted by Gasteiger charge is 2.36. The van der Waals surface area contributed by atoms with Gasteiger partial charge in [-0.3, -0.25) is 14.1 Å². The van der Waals surface area contributed by atoms with Crippen molar-refractivity contribution >= 4 is 22.1 Å². The Morgan fingerprint density at radius 3 is 2.50 bits per heavy atom. The molecule has 2 unspecified atom stereocenters. The van der Waals surface area contributed by atoms with Crippen molar-refractivity contribution in [2.75, 3.05) is 0 Å². The summed E-state index contributed by atoms with van der Waals surface area (Å²) in [5.41, 5.74) is 0. The first kappa shape index (κ1) is 11.1. The predicted molar refractivity (Wildman–Crippen MR) is 44.8 cm³/mol. The highest BCUT2D eigenvalue weighted by atomic mass is 32.2. The van der Waals surface area contributed by atoms with Crippen molar-refractivity contribution in [1.82, 2.24) is 0 Å². The van der Waals surface area contributed by atoms with Crippen LogP contribution in [0, 0.1) is 5.92 Å². The Hall–Kier alpha value is -0.950. The predicted octanol–water partition coefficient (Wildman–Crippen LogP) is -0.257. The molecule has 0 spiro atoms. The van der Waals surface area contributed by atoms with Crippen molar-refractivity contribution in [2.45, 2.75) is 25.0 Å². The smallest absolute Gasteiger partial charge is 0.317 e. The van der Waals surface area contributed by atoms with E-state index in [0.29, 0.717) is 0 Å². The zero-order chi connectivity index (χ0) is 10.9. The summed E-state index contributed by atoms with van der Waals surface area (Å²) in [6, 6.07) is 0. The number of hydrogen-bond acceptors (Lipinski definition) is 5. The van der Waals surface area contributed by atoms with E-state index in [-0.39, 0.29) is 12.8 Å². The highest BCUT2D eigenvalue weighted by Crippen LogP contribution is 2.23. The average Bonchev–Trinajstić information content (AvgIpc) is 2.28. The molecule has 1 heterocycles. The van der Waals surface area contributed by atoms with Gasteiger partial charge in [0.2, 0.25) is 0 Å². The van der Waals surface area contributed by atoms with Gasteiger partial charge in [-0.05, 0) is 13.3 Å². The van der Waals surface area contributed by atoms with E-state index in [1.165, 1.54) is 6.92 Å². The molecule has 14 heavy (non-hydrogen) atoms. The van der Waals surface area contributed by atoms with E-state index in [9.17, 15) is 18.0 Å². The third-order valence-corrected chi connectivity index (χ3v) is 3.30. The van der Waals surface area contributed by atoms with Gasteiger partial charge in [0, 0.05) is 0 Å². The summed E-state index contributed by atoms with van der Waals surface area (Å²) in [6.07, 6.45) is -0.206. The van der Waals surface area contributed by atoms with Crippen molar-refractivity contribution in [1.29, 1.82) is 0 Å². The first-order chi connectivity index (χ1) is 6.30. The third kappa shape index (κ3) is 2.52. The van der Waals surface area contributed by atoms with Gasteiger partial charge in [0.05, 0.1) is 17.6 Å². The van der Waals surface area contributed by atoms with Crippen LogP contribution < -0.4 is 0 Å². The highest BCUT2D eigenvalue weighted by molar-refractivity contribution is 7.86. The lowest BCUT2D eigenvalue weighted by molar-refractivity contribution is -0.153. The molecule has 0 aromatic rings. The second kappa shape index (κ2) is 3.66. The molecule has 0 amide bonds. The van der Waals surface area contributed by atoms with E-state index in [1.54, 1.807) is 0 Å². The molecule has 0 aromatic carbocycles. The zero-order valence-corrected chi connectivity index (χ0v) is 8.28. The molecule has 1 aliphatic rings. The Kier molecular flexibility index (Phi) is 2.91. The normalized spacial score (nSPS) is 24.9. The van der Waals surface area contributed by atoms with Gasteiger partial charge in [0.15, 0.2) is 0 Å². The van der Waals surface area contributed by atoms with Crippen LogP contribution in [0.4, 0.5) is 0 Å². The molecule has 0 saturated carbocycles. The van der Waals surface area contributed by atoms with E-state index in [1.807, 2.05) is 0 Å². The molecule has 1 fully saturated rings. The number of ether oxygens (including phenoxy) is 1. The van der Waals surface area contributed by atoms with Crippen LogP contribution in [0.25, 0.3) is 0 Å². The number of hydrogen-bond donors (Lipinski definition) is 1. The molecule has 1 saturated heterocycles. The Bertz CT molecular complexity index is 356. The van der Waals surface area contributed by atoms with Gasteiger partial charge in [-0.15, -0.1) is 0 Å². The molecule has 7 heteroatoms. The van der Waals surface area contributed by atoms with Crippen LogP contribution in [0.15, 0.2) is 0 Å².